The van der Waals surface area contributed by atoms with Gasteiger partial charge in [0.25, 0.3) is 0 Å². The summed E-state index contributed by atoms with van der Waals surface area (Å²) in [6.07, 6.45) is -1.04. The molecule has 0 aromatic heterocycles. The van der Waals surface area contributed by atoms with Crippen molar-refractivity contribution in [3.8, 4) is 0 Å². The lowest BCUT2D eigenvalue weighted by Gasteiger charge is -2.11. The molecule has 0 heterocycles. The summed E-state index contributed by atoms with van der Waals surface area (Å²) in [4.78, 5) is 0.159. The van der Waals surface area contributed by atoms with E-state index >= 15 is 0 Å². The first-order valence-electron chi connectivity index (χ1n) is 5.70. The molecule has 0 saturated heterocycles. The second-order valence-corrected chi connectivity index (χ2v) is 6.63. The highest BCUT2D eigenvalue weighted by molar-refractivity contribution is 7.91. The van der Waals surface area contributed by atoms with Crippen molar-refractivity contribution in [2.24, 2.45) is 0 Å². The van der Waals surface area contributed by atoms with E-state index in [1.165, 1.54) is 24.3 Å². The highest BCUT2D eigenvalue weighted by atomic mass is 35.5. The van der Waals surface area contributed by atoms with Crippen LogP contribution in [0.1, 0.15) is 11.7 Å². The van der Waals surface area contributed by atoms with Crippen LogP contribution in [0.15, 0.2) is 59.5 Å². The summed E-state index contributed by atoms with van der Waals surface area (Å²) in [7, 11) is -3.53. The van der Waals surface area contributed by atoms with Crippen molar-refractivity contribution in [1.82, 2.24) is 0 Å². The first kappa shape index (κ1) is 14.1. The summed E-state index contributed by atoms with van der Waals surface area (Å²) in [6.45, 7) is 0. The topological polar surface area (TPSA) is 54.4 Å². The summed E-state index contributed by atoms with van der Waals surface area (Å²) in [6, 6.07) is 14.6. The molecule has 0 saturated carbocycles. The number of aliphatic hydroxyl groups is 1. The zero-order valence-corrected chi connectivity index (χ0v) is 11.6. The first-order chi connectivity index (χ1) is 8.99. The van der Waals surface area contributed by atoms with Crippen LogP contribution in [0.4, 0.5) is 0 Å². The van der Waals surface area contributed by atoms with Crippen molar-refractivity contribution in [3.05, 3.63) is 65.2 Å². The Balaban J connectivity index is 2.20. The summed E-state index contributed by atoms with van der Waals surface area (Å²) < 4.78 is 24.2. The van der Waals surface area contributed by atoms with Gasteiger partial charge in [0.05, 0.1) is 16.8 Å². The largest absolute Gasteiger partial charge is 0.387 e. The highest BCUT2D eigenvalue weighted by Gasteiger charge is 2.20. The fraction of sp³-hybridized carbons (Fsp3) is 0.143. The number of hydrogen-bond acceptors (Lipinski definition) is 3. The maximum atomic E-state index is 12.1. The van der Waals surface area contributed by atoms with Crippen LogP contribution in [-0.2, 0) is 9.84 Å². The van der Waals surface area contributed by atoms with Gasteiger partial charge >= 0.3 is 0 Å². The molecule has 0 spiro atoms. The summed E-state index contributed by atoms with van der Waals surface area (Å²) in [5, 5.41) is 10.4. The molecule has 2 aromatic rings. The van der Waals surface area contributed by atoms with Crippen LogP contribution < -0.4 is 0 Å². The third-order valence-electron chi connectivity index (χ3n) is 2.73. The molecule has 1 atom stereocenters. The van der Waals surface area contributed by atoms with E-state index in [2.05, 4.69) is 0 Å². The van der Waals surface area contributed by atoms with Gasteiger partial charge in [0.1, 0.15) is 0 Å². The van der Waals surface area contributed by atoms with Crippen molar-refractivity contribution >= 4 is 21.4 Å². The summed E-state index contributed by atoms with van der Waals surface area (Å²) in [5.41, 5.74) is 0.583. The van der Waals surface area contributed by atoms with E-state index in [4.69, 9.17) is 11.6 Å². The lowest BCUT2D eigenvalue weighted by molar-refractivity contribution is 0.201. The van der Waals surface area contributed by atoms with Gasteiger partial charge in [-0.3, -0.25) is 0 Å². The average Bonchev–Trinajstić information content (AvgIpc) is 2.40. The Morgan fingerprint density at radius 2 is 1.58 bits per heavy atom. The third-order valence-corrected chi connectivity index (χ3v) is 4.73. The standard InChI is InChI=1S/C14H13ClO3S/c15-12-6-8-13(9-7-12)19(17,18)10-14(16)11-4-2-1-3-5-11/h1-9,14,16H,10H2. The van der Waals surface area contributed by atoms with E-state index in [0.717, 1.165) is 0 Å². The van der Waals surface area contributed by atoms with Gasteiger partial charge in [0, 0.05) is 5.02 Å². The minimum atomic E-state index is -3.53. The van der Waals surface area contributed by atoms with Gasteiger partial charge in [0.15, 0.2) is 9.84 Å². The van der Waals surface area contributed by atoms with Gasteiger partial charge in [0.2, 0.25) is 0 Å². The number of sulfone groups is 1. The fourth-order valence-electron chi connectivity index (χ4n) is 1.72. The van der Waals surface area contributed by atoms with Crippen LogP contribution >= 0.6 is 11.6 Å². The average molecular weight is 297 g/mol. The van der Waals surface area contributed by atoms with Gasteiger partial charge in [-0.15, -0.1) is 0 Å². The van der Waals surface area contributed by atoms with Crippen molar-refractivity contribution < 1.29 is 13.5 Å². The minimum Gasteiger partial charge on any atom is -0.387 e. The Hall–Kier alpha value is -1.36. The van der Waals surface area contributed by atoms with Gasteiger partial charge in [-0.2, -0.15) is 0 Å². The Bertz CT molecular complexity index is 636. The monoisotopic (exact) mass is 296 g/mol. The minimum absolute atomic E-state index is 0.159. The zero-order chi connectivity index (χ0) is 13.9. The van der Waals surface area contributed by atoms with Crippen molar-refractivity contribution in [1.29, 1.82) is 0 Å². The van der Waals surface area contributed by atoms with Gasteiger partial charge in [-0.25, -0.2) is 8.42 Å². The Labute approximate surface area is 117 Å². The quantitative estimate of drug-likeness (QED) is 0.944. The molecule has 0 aliphatic carbocycles. The van der Waals surface area contributed by atoms with Crippen LogP contribution in [0.3, 0.4) is 0 Å². The van der Waals surface area contributed by atoms with Gasteiger partial charge in [-0.1, -0.05) is 41.9 Å². The highest BCUT2D eigenvalue weighted by Crippen LogP contribution is 2.21. The molecule has 3 nitrogen and oxygen atoms in total. The number of halogens is 1. The lowest BCUT2D eigenvalue weighted by Crippen LogP contribution is -2.14. The van der Waals surface area contributed by atoms with Gasteiger partial charge < -0.3 is 5.11 Å². The van der Waals surface area contributed by atoms with Crippen LogP contribution in [0.25, 0.3) is 0 Å². The molecule has 1 unspecified atom stereocenters. The molecule has 2 aromatic carbocycles. The van der Waals surface area contributed by atoms with E-state index < -0.39 is 15.9 Å². The Morgan fingerprint density at radius 1 is 1.00 bits per heavy atom. The number of rotatable bonds is 4. The van der Waals surface area contributed by atoms with Crippen molar-refractivity contribution in [2.45, 2.75) is 11.0 Å². The molecule has 100 valence electrons. The lowest BCUT2D eigenvalue weighted by atomic mass is 10.1. The number of aliphatic hydroxyl groups excluding tert-OH is 1. The molecule has 0 bridgehead atoms. The predicted octanol–water partition coefficient (Wildman–Crippen LogP) is 2.85. The smallest absolute Gasteiger partial charge is 0.181 e. The third kappa shape index (κ3) is 3.56. The molecular formula is C14H13ClO3S. The van der Waals surface area contributed by atoms with Crippen molar-refractivity contribution in [2.75, 3.05) is 5.75 Å². The molecular weight excluding hydrogens is 284 g/mol. The van der Waals surface area contributed by atoms with Crippen LogP contribution in [-0.4, -0.2) is 19.3 Å². The second-order valence-electron chi connectivity index (χ2n) is 4.16. The summed E-state index contributed by atoms with van der Waals surface area (Å²) >= 11 is 5.72. The molecule has 0 radical (unpaired) electrons. The fourth-order valence-corrected chi connectivity index (χ4v) is 3.19. The molecule has 0 amide bonds. The predicted molar refractivity (Wildman–Crippen MR) is 74.9 cm³/mol. The van der Waals surface area contributed by atoms with Crippen LogP contribution in [0.2, 0.25) is 5.02 Å². The number of hydrogen-bond donors (Lipinski definition) is 1. The SMILES string of the molecule is O=S(=O)(CC(O)c1ccccc1)c1ccc(Cl)cc1. The first-order valence-corrected chi connectivity index (χ1v) is 7.73. The number of benzene rings is 2. The molecule has 0 fully saturated rings. The maximum absolute atomic E-state index is 12.1. The Morgan fingerprint density at radius 3 is 2.16 bits per heavy atom. The van der Waals surface area contributed by atoms with Crippen LogP contribution in [0, 0.1) is 0 Å². The van der Waals surface area contributed by atoms with E-state index in [9.17, 15) is 13.5 Å². The normalized spacial score (nSPS) is 13.2. The molecule has 2 rings (SSSR count). The van der Waals surface area contributed by atoms with Crippen LogP contribution in [0.5, 0.6) is 0 Å². The van der Waals surface area contributed by atoms with E-state index in [0.29, 0.717) is 10.6 Å². The Kier molecular flexibility index (Phi) is 4.24. The molecule has 0 aliphatic rings. The molecule has 5 heteroatoms. The molecule has 19 heavy (non-hydrogen) atoms. The maximum Gasteiger partial charge on any atom is 0.181 e. The molecule has 1 N–H and O–H groups in total. The van der Waals surface area contributed by atoms with E-state index in [-0.39, 0.29) is 10.6 Å². The second kappa shape index (κ2) is 5.74. The molecule has 0 aliphatic heterocycles. The van der Waals surface area contributed by atoms with Crippen molar-refractivity contribution in [3.63, 3.8) is 0 Å². The van der Waals surface area contributed by atoms with E-state index in [1.54, 1.807) is 24.3 Å². The zero-order valence-electron chi connectivity index (χ0n) is 10.0. The van der Waals surface area contributed by atoms with E-state index in [1.807, 2.05) is 6.07 Å². The summed E-state index contributed by atoms with van der Waals surface area (Å²) in [5.74, 6) is -0.349. The van der Waals surface area contributed by atoms with Gasteiger partial charge in [-0.05, 0) is 29.8 Å².